The molecule has 0 fully saturated rings. The number of thiophene rings is 1. The number of aryl methyl sites for hydroxylation is 2. The van der Waals surface area contributed by atoms with E-state index < -0.39 is 11.7 Å². The third-order valence-corrected chi connectivity index (χ3v) is 5.77. The maximum atomic E-state index is 13.3. The molecule has 0 bridgehead atoms. The molecule has 6 nitrogen and oxygen atoms in total. The predicted octanol–water partition coefficient (Wildman–Crippen LogP) is 3.05. The quantitative estimate of drug-likeness (QED) is 0.670. The average Bonchev–Trinajstić information content (AvgIpc) is 3.03. The van der Waals surface area contributed by atoms with Crippen LogP contribution in [0.1, 0.15) is 26.6 Å². The zero-order valence-electron chi connectivity index (χ0n) is 14.3. The van der Waals surface area contributed by atoms with E-state index >= 15 is 0 Å². The van der Waals surface area contributed by atoms with Gasteiger partial charge in [0.2, 0.25) is 5.91 Å². The van der Waals surface area contributed by atoms with Gasteiger partial charge in [-0.15, -0.1) is 11.3 Å². The molecular formula is C17H16ClFN4O2S. The molecule has 0 radical (unpaired) electrons. The second-order valence-electron chi connectivity index (χ2n) is 5.84. The van der Waals surface area contributed by atoms with E-state index in [4.69, 9.17) is 11.6 Å². The number of rotatable bonds is 3. The fourth-order valence-electron chi connectivity index (χ4n) is 2.65. The number of hydrogen-bond acceptors (Lipinski definition) is 4. The second-order valence-corrected chi connectivity index (χ2v) is 7.27. The van der Waals surface area contributed by atoms with Crippen LogP contribution < -0.4 is 10.9 Å². The number of carbonyl (C=O) groups excluding carboxylic acids is 2. The minimum atomic E-state index is -0.551. The van der Waals surface area contributed by atoms with Crippen molar-refractivity contribution >= 4 is 44.8 Å². The molecule has 9 heteroatoms. The van der Waals surface area contributed by atoms with Gasteiger partial charge < -0.3 is 0 Å². The van der Waals surface area contributed by atoms with Crippen molar-refractivity contribution in [1.29, 1.82) is 0 Å². The molecule has 0 spiro atoms. The van der Waals surface area contributed by atoms with E-state index in [-0.39, 0.29) is 22.2 Å². The Labute approximate surface area is 157 Å². The lowest BCUT2D eigenvalue weighted by Gasteiger charge is -2.07. The maximum absolute atomic E-state index is 13.3. The third-order valence-electron chi connectivity index (χ3n) is 4.11. The van der Waals surface area contributed by atoms with Gasteiger partial charge in [0.15, 0.2) is 0 Å². The molecule has 2 N–H and O–H groups in total. The van der Waals surface area contributed by atoms with Gasteiger partial charge in [0.1, 0.15) is 10.7 Å². The van der Waals surface area contributed by atoms with Crippen LogP contribution in [0.15, 0.2) is 18.2 Å². The van der Waals surface area contributed by atoms with Gasteiger partial charge in [0.05, 0.1) is 17.1 Å². The molecule has 0 aliphatic rings. The fourth-order valence-corrected chi connectivity index (χ4v) is 4.08. The van der Waals surface area contributed by atoms with Crippen molar-refractivity contribution in [1.82, 2.24) is 20.6 Å². The van der Waals surface area contributed by atoms with Gasteiger partial charge in [-0.3, -0.25) is 25.1 Å². The molecule has 0 unspecified atom stereocenters. The summed E-state index contributed by atoms with van der Waals surface area (Å²) >= 11 is 7.26. The Morgan fingerprint density at radius 1 is 1.31 bits per heavy atom. The lowest BCUT2D eigenvalue weighted by atomic mass is 10.1. The molecular weight excluding hydrogens is 379 g/mol. The van der Waals surface area contributed by atoms with Crippen LogP contribution in [0, 0.1) is 19.7 Å². The largest absolute Gasteiger partial charge is 0.281 e. The SMILES string of the molecule is Cc1nn(C)c(C)c1CC(=O)NNC(=O)c1sc2cc(F)ccc2c1Cl. The molecule has 0 aliphatic carbocycles. The molecule has 1 aromatic carbocycles. The van der Waals surface area contributed by atoms with Crippen molar-refractivity contribution in [3.05, 3.63) is 50.9 Å². The van der Waals surface area contributed by atoms with Crippen molar-refractivity contribution in [2.24, 2.45) is 7.05 Å². The number of halogens is 2. The maximum Gasteiger partial charge on any atom is 0.281 e. The third kappa shape index (κ3) is 3.42. The Morgan fingerprint density at radius 3 is 2.69 bits per heavy atom. The molecule has 3 aromatic rings. The number of nitrogens with one attached hydrogen (secondary N) is 2. The van der Waals surface area contributed by atoms with E-state index in [1.165, 1.54) is 18.2 Å². The van der Waals surface area contributed by atoms with Gasteiger partial charge in [-0.1, -0.05) is 11.6 Å². The van der Waals surface area contributed by atoms with Gasteiger partial charge in [-0.2, -0.15) is 5.10 Å². The van der Waals surface area contributed by atoms with Crippen LogP contribution in [-0.2, 0) is 18.3 Å². The minimum Gasteiger partial charge on any atom is -0.273 e. The highest BCUT2D eigenvalue weighted by Gasteiger charge is 2.19. The van der Waals surface area contributed by atoms with Crippen LogP contribution in [0.5, 0.6) is 0 Å². The molecule has 2 heterocycles. The molecule has 0 saturated heterocycles. The topological polar surface area (TPSA) is 76.0 Å². The van der Waals surface area contributed by atoms with E-state index in [0.717, 1.165) is 28.3 Å². The Morgan fingerprint density at radius 2 is 2.04 bits per heavy atom. The molecule has 0 saturated carbocycles. The standard InChI is InChI=1S/C17H16ClFN4O2S/c1-8-12(9(2)23(3)22-8)7-14(24)20-21-17(25)16-15(18)11-5-4-10(19)6-13(11)26-16/h4-6H,7H2,1-3H3,(H,20,24)(H,21,25). The van der Waals surface area contributed by atoms with Crippen molar-refractivity contribution in [3.8, 4) is 0 Å². The van der Waals surface area contributed by atoms with Crippen LogP contribution >= 0.6 is 22.9 Å². The van der Waals surface area contributed by atoms with E-state index in [1.807, 2.05) is 13.8 Å². The highest BCUT2D eigenvalue weighted by Crippen LogP contribution is 2.35. The van der Waals surface area contributed by atoms with Crippen LogP contribution in [0.2, 0.25) is 5.02 Å². The first-order valence-corrected chi connectivity index (χ1v) is 8.93. The zero-order valence-corrected chi connectivity index (χ0v) is 15.9. The Balaban J connectivity index is 1.69. The number of nitrogens with zero attached hydrogens (tertiary/aromatic N) is 2. The van der Waals surface area contributed by atoms with Crippen molar-refractivity contribution < 1.29 is 14.0 Å². The summed E-state index contributed by atoms with van der Waals surface area (Å²) in [4.78, 5) is 24.6. The summed E-state index contributed by atoms with van der Waals surface area (Å²) in [6.07, 6.45) is 0.0944. The number of fused-ring (bicyclic) bond motifs is 1. The first-order valence-electron chi connectivity index (χ1n) is 7.73. The summed E-state index contributed by atoms with van der Waals surface area (Å²) in [5.41, 5.74) is 7.19. The first kappa shape index (κ1) is 18.3. The zero-order chi connectivity index (χ0) is 19.0. The summed E-state index contributed by atoms with van der Waals surface area (Å²) in [6, 6.07) is 4.12. The van der Waals surface area contributed by atoms with Crippen LogP contribution in [-0.4, -0.2) is 21.6 Å². The van der Waals surface area contributed by atoms with Gasteiger partial charge in [0.25, 0.3) is 5.91 Å². The summed E-state index contributed by atoms with van der Waals surface area (Å²) in [5.74, 6) is -1.33. The normalized spacial score (nSPS) is 11.0. The fraction of sp³-hybridized carbons (Fsp3) is 0.235. The van der Waals surface area contributed by atoms with Crippen molar-refractivity contribution in [2.75, 3.05) is 0 Å². The number of aromatic nitrogens is 2. The highest BCUT2D eigenvalue weighted by molar-refractivity contribution is 7.21. The Kier molecular flexibility index (Phi) is 4.97. The van der Waals surface area contributed by atoms with Crippen LogP contribution in [0.3, 0.4) is 0 Å². The molecule has 136 valence electrons. The highest BCUT2D eigenvalue weighted by atomic mass is 35.5. The van der Waals surface area contributed by atoms with Gasteiger partial charge >= 0.3 is 0 Å². The molecule has 3 rings (SSSR count). The lowest BCUT2D eigenvalue weighted by Crippen LogP contribution is -2.42. The molecule has 2 amide bonds. The summed E-state index contributed by atoms with van der Waals surface area (Å²) in [6.45, 7) is 3.70. The Hall–Kier alpha value is -2.45. The van der Waals surface area contributed by atoms with Crippen molar-refractivity contribution in [2.45, 2.75) is 20.3 Å². The summed E-state index contributed by atoms with van der Waals surface area (Å²) in [5, 5.41) is 5.08. The average molecular weight is 395 g/mol. The number of benzene rings is 1. The number of carbonyl (C=O) groups is 2. The van der Waals surface area contributed by atoms with E-state index in [9.17, 15) is 14.0 Å². The molecule has 0 atom stereocenters. The number of hydrogen-bond donors (Lipinski definition) is 2. The summed E-state index contributed by atoms with van der Waals surface area (Å²) in [7, 11) is 1.80. The summed E-state index contributed by atoms with van der Waals surface area (Å²) < 4.78 is 15.6. The smallest absolute Gasteiger partial charge is 0.273 e. The van der Waals surface area contributed by atoms with Crippen molar-refractivity contribution in [3.63, 3.8) is 0 Å². The lowest BCUT2D eigenvalue weighted by molar-refractivity contribution is -0.121. The van der Waals surface area contributed by atoms with Crippen LogP contribution in [0.4, 0.5) is 4.39 Å². The molecule has 0 aliphatic heterocycles. The van der Waals surface area contributed by atoms with E-state index in [1.54, 1.807) is 11.7 Å². The van der Waals surface area contributed by atoms with Gasteiger partial charge in [-0.05, 0) is 32.0 Å². The number of hydrazine groups is 1. The van der Waals surface area contributed by atoms with E-state index in [2.05, 4.69) is 16.0 Å². The van der Waals surface area contributed by atoms with Gasteiger partial charge in [0, 0.05) is 28.4 Å². The monoisotopic (exact) mass is 394 g/mol. The molecule has 2 aromatic heterocycles. The predicted molar refractivity (Wildman–Crippen MR) is 98.8 cm³/mol. The van der Waals surface area contributed by atoms with E-state index in [0.29, 0.717) is 10.1 Å². The number of amides is 2. The minimum absolute atomic E-state index is 0.0944. The first-order chi connectivity index (χ1) is 12.3. The second kappa shape index (κ2) is 7.05. The van der Waals surface area contributed by atoms with Crippen LogP contribution in [0.25, 0.3) is 10.1 Å². The molecule has 26 heavy (non-hydrogen) atoms. The van der Waals surface area contributed by atoms with Gasteiger partial charge in [-0.25, -0.2) is 4.39 Å². The Bertz CT molecular complexity index is 1030.